The van der Waals surface area contributed by atoms with E-state index in [0.29, 0.717) is 19.7 Å². The van der Waals surface area contributed by atoms with Crippen LogP contribution in [-0.2, 0) is 14.6 Å². The summed E-state index contributed by atoms with van der Waals surface area (Å²) in [6, 6.07) is 0. The van der Waals surface area contributed by atoms with E-state index >= 15 is 0 Å². The van der Waals surface area contributed by atoms with Crippen LogP contribution in [0.2, 0.25) is 0 Å². The third-order valence-electron chi connectivity index (χ3n) is 3.07. The molecule has 6 heteroatoms. The van der Waals surface area contributed by atoms with Gasteiger partial charge in [-0.25, -0.2) is 8.42 Å². The molecular weight excluding hydrogens is 228 g/mol. The van der Waals surface area contributed by atoms with Gasteiger partial charge in [-0.05, 0) is 13.5 Å². The molecule has 0 aromatic heterocycles. The second kappa shape index (κ2) is 5.44. The monoisotopic (exact) mass is 250 g/mol. The van der Waals surface area contributed by atoms with Gasteiger partial charge in [0, 0.05) is 37.9 Å². The lowest BCUT2D eigenvalue weighted by molar-refractivity contribution is 0.127. The topological polar surface area (TPSA) is 72.6 Å². The minimum Gasteiger partial charge on any atom is -0.381 e. The fourth-order valence-electron chi connectivity index (χ4n) is 1.97. The summed E-state index contributed by atoms with van der Waals surface area (Å²) in [6.07, 6.45) is 2.23. The fraction of sp³-hybridized carbons (Fsp3) is 1.00. The minimum absolute atomic E-state index is 0.0201. The van der Waals surface area contributed by atoms with Crippen LogP contribution >= 0.6 is 0 Å². The van der Waals surface area contributed by atoms with Crippen molar-refractivity contribution < 1.29 is 13.2 Å². The predicted molar refractivity (Wildman–Crippen MR) is 64.1 cm³/mol. The first kappa shape index (κ1) is 13.9. The van der Waals surface area contributed by atoms with Gasteiger partial charge in [-0.3, -0.25) is 0 Å². The van der Waals surface area contributed by atoms with Gasteiger partial charge in [0.2, 0.25) is 0 Å². The molecule has 0 bridgehead atoms. The number of hydrogen-bond acceptors (Lipinski definition) is 5. The van der Waals surface area contributed by atoms with E-state index in [1.54, 1.807) is 0 Å². The highest BCUT2D eigenvalue weighted by molar-refractivity contribution is 7.90. The standard InChI is InChI=1S/C10H22N2O3S/c1-12(4-6-16(2,13)14)8-10(7-11)3-5-15-9-10/h3-9,11H2,1-2H3. The summed E-state index contributed by atoms with van der Waals surface area (Å²) in [5.41, 5.74) is 5.79. The van der Waals surface area contributed by atoms with Gasteiger partial charge in [0.1, 0.15) is 9.84 Å². The normalized spacial score (nSPS) is 26.5. The predicted octanol–water partition coefficient (Wildman–Crippen LogP) is -0.672. The van der Waals surface area contributed by atoms with E-state index in [1.165, 1.54) is 6.26 Å². The van der Waals surface area contributed by atoms with Crippen LogP contribution in [0, 0.1) is 5.41 Å². The molecule has 1 unspecified atom stereocenters. The van der Waals surface area contributed by atoms with Crippen LogP contribution in [0.5, 0.6) is 0 Å². The van der Waals surface area contributed by atoms with Crippen molar-refractivity contribution >= 4 is 9.84 Å². The van der Waals surface area contributed by atoms with E-state index < -0.39 is 9.84 Å². The number of nitrogens with two attached hydrogens (primary N) is 1. The molecular formula is C10H22N2O3S. The Balaban J connectivity index is 2.40. The average Bonchev–Trinajstić information content (AvgIpc) is 2.63. The summed E-state index contributed by atoms with van der Waals surface area (Å²) in [4.78, 5) is 2.03. The summed E-state index contributed by atoms with van der Waals surface area (Å²) in [5, 5.41) is 0. The summed E-state index contributed by atoms with van der Waals surface area (Å²) >= 11 is 0. The lowest BCUT2D eigenvalue weighted by Crippen LogP contribution is -2.43. The molecule has 1 heterocycles. The molecule has 0 radical (unpaired) electrons. The third-order valence-corrected chi connectivity index (χ3v) is 3.99. The second-order valence-electron chi connectivity index (χ2n) is 4.87. The molecule has 1 atom stereocenters. The highest BCUT2D eigenvalue weighted by atomic mass is 32.2. The summed E-state index contributed by atoms with van der Waals surface area (Å²) in [7, 11) is -0.952. The van der Waals surface area contributed by atoms with Crippen LogP contribution in [0.15, 0.2) is 0 Å². The molecule has 1 saturated heterocycles. The van der Waals surface area contributed by atoms with Gasteiger partial charge >= 0.3 is 0 Å². The highest BCUT2D eigenvalue weighted by Gasteiger charge is 2.34. The molecule has 1 aliphatic heterocycles. The van der Waals surface area contributed by atoms with Gasteiger partial charge in [-0.15, -0.1) is 0 Å². The van der Waals surface area contributed by atoms with Crippen molar-refractivity contribution in [3.8, 4) is 0 Å². The van der Waals surface area contributed by atoms with E-state index in [4.69, 9.17) is 10.5 Å². The fourth-order valence-corrected chi connectivity index (χ4v) is 2.62. The van der Waals surface area contributed by atoms with Crippen LogP contribution in [0.4, 0.5) is 0 Å². The SMILES string of the molecule is CN(CCS(C)(=O)=O)CC1(CN)CCOC1. The Morgan fingerprint density at radius 1 is 1.50 bits per heavy atom. The maximum atomic E-state index is 11.0. The maximum Gasteiger partial charge on any atom is 0.148 e. The van der Waals surface area contributed by atoms with Crippen molar-refractivity contribution in [2.75, 3.05) is 51.9 Å². The molecule has 0 aliphatic carbocycles. The van der Waals surface area contributed by atoms with E-state index in [0.717, 1.165) is 19.6 Å². The quantitative estimate of drug-likeness (QED) is 0.677. The third kappa shape index (κ3) is 4.37. The van der Waals surface area contributed by atoms with Crippen LogP contribution in [0.1, 0.15) is 6.42 Å². The zero-order valence-corrected chi connectivity index (χ0v) is 10.9. The molecule has 1 aliphatic rings. The molecule has 0 spiro atoms. The first-order valence-corrected chi connectivity index (χ1v) is 7.57. The van der Waals surface area contributed by atoms with Gasteiger partial charge < -0.3 is 15.4 Å². The van der Waals surface area contributed by atoms with Crippen molar-refractivity contribution in [2.45, 2.75) is 6.42 Å². The van der Waals surface area contributed by atoms with Crippen molar-refractivity contribution in [1.82, 2.24) is 4.90 Å². The zero-order chi connectivity index (χ0) is 12.2. The van der Waals surface area contributed by atoms with Gasteiger partial charge in [0.05, 0.1) is 12.4 Å². The first-order chi connectivity index (χ1) is 7.37. The number of rotatable bonds is 6. The zero-order valence-electron chi connectivity index (χ0n) is 10.1. The molecule has 96 valence electrons. The van der Waals surface area contributed by atoms with Gasteiger partial charge in [-0.1, -0.05) is 0 Å². The molecule has 2 N–H and O–H groups in total. The molecule has 0 aromatic rings. The Morgan fingerprint density at radius 2 is 2.19 bits per heavy atom. The maximum absolute atomic E-state index is 11.0. The molecule has 0 saturated carbocycles. The molecule has 0 aromatic carbocycles. The van der Waals surface area contributed by atoms with E-state index in [1.807, 2.05) is 11.9 Å². The van der Waals surface area contributed by atoms with Crippen molar-refractivity contribution in [3.05, 3.63) is 0 Å². The summed E-state index contributed by atoms with van der Waals surface area (Å²) < 4.78 is 27.5. The lowest BCUT2D eigenvalue weighted by atomic mass is 9.87. The second-order valence-corrected chi connectivity index (χ2v) is 7.13. The Labute approximate surface area is 97.9 Å². The van der Waals surface area contributed by atoms with Crippen molar-refractivity contribution in [3.63, 3.8) is 0 Å². The number of ether oxygens (including phenoxy) is 1. The van der Waals surface area contributed by atoms with Gasteiger partial charge in [0.25, 0.3) is 0 Å². The van der Waals surface area contributed by atoms with Crippen LogP contribution in [0.25, 0.3) is 0 Å². The van der Waals surface area contributed by atoms with Crippen molar-refractivity contribution in [2.24, 2.45) is 11.1 Å². The Kier molecular flexibility index (Phi) is 4.73. The number of hydrogen-bond donors (Lipinski definition) is 1. The smallest absolute Gasteiger partial charge is 0.148 e. The van der Waals surface area contributed by atoms with E-state index in [2.05, 4.69) is 0 Å². The van der Waals surface area contributed by atoms with E-state index in [-0.39, 0.29) is 11.2 Å². The van der Waals surface area contributed by atoms with E-state index in [9.17, 15) is 8.42 Å². The lowest BCUT2D eigenvalue weighted by Gasteiger charge is -2.30. The summed E-state index contributed by atoms with van der Waals surface area (Å²) in [5.74, 6) is 0.199. The Bertz CT molecular complexity index is 310. The van der Waals surface area contributed by atoms with Crippen LogP contribution in [-0.4, -0.2) is 65.2 Å². The van der Waals surface area contributed by atoms with Crippen molar-refractivity contribution in [1.29, 1.82) is 0 Å². The van der Waals surface area contributed by atoms with Crippen LogP contribution < -0.4 is 5.73 Å². The Hall–Kier alpha value is -0.170. The average molecular weight is 250 g/mol. The van der Waals surface area contributed by atoms with Crippen LogP contribution in [0.3, 0.4) is 0 Å². The first-order valence-electron chi connectivity index (χ1n) is 5.51. The Morgan fingerprint density at radius 3 is 2.62 bits per heavy atom. The minimum atomic E-state index is -2.88. The largest absolute Gasteiger partial charge is 0.381 e. The molecule has 5 nitrogen and oxygen atoms in total. The number of sulfone groups is 1. The van der Waals surface area contributed by atoms with Gasteiger partial charge in [-0.2, -0.15) is 0 Å². The molecule has 16 heavy (non-hydrogen) atoms. The highest BCUT2D eigenvalue weighted by Crippen LogP contribution is 2.27. The summed E-state index contributed by atoms with van der Waals surface area (Å²) in [6.45, 7) is 3.40. The number of nitrogens with zero attached hydrogens (tertiary/aromatic N) is 1. The molecule has 0 amide bonds. The van der Waals surface area contributed by atoms with Gasteiger partial charge in [0.15, 0.2) is 0 Å². The molecule has 1 fully saturated rings. The molecule has 1 rings (SSSR count).